The van der Waals surface area contributed by atoms with E-state index in [9.17, 15) is 8.42 Å². The molecule has 0 saturated heterocycles. The molecule has 84 valence electrons. The Morgan fingerprint density at radius 2 is 2.06 bits per heavy atom. The first-order valence-electron chi connectivity index (χ1n) is 4.54. The first kappa shape index (κ1) is 11.1. The average Bonchev–Trinajstić information content (AvgIpc) is 2.70. The van der Waals surface area contributed by atoms with Gasteiger partial charge in [0, 0.05) is 11.1 Å². The van der Waals surface area contributed by atoms with Crippen molar-refractivity contribution in [2.24, 2.45) is 0 Å². The molecule has 0 radical (unpaired) electrons. The van der Waals surface area contributed by atoms with Crippen molar-refractivity contribution in [3.63, 3.8) is 0 Å². The molecule has 0 saturated carbocycles. The Labute approximate surface area is 97.7 Å². The van der Waals surface area contributed by atoms with Crippen molar-refractivity contribution in [3.8, 4) is 0 Å². The molecular formula is C10H10N2O2S2. The number of nitrogens with two attached hydrogens (primary N) is 1. The van der Waals surface area contributed by atoms with E-state index in [-0.39, 0.29) is 16.3 Å². The third kappa shape index (κ3) is 2.23. The Kier molecular flexibility index (Phi) is 2.93. The molecular weight excluding hydrogens is 244 g/mol. The maximum atomic E-state index is 12.0. The lowest BCUT2D eigenvalue weighted by molar-refractivity contribution is 0.596. The van der Waals surface area contributed by atoms with Gasteiger partial charge in [-0.3, -0.25) is 4.98 Å². The second kappa shape index (κ2) is 4.23. The van der Waals surface area contributed by atoms with E-state index in [0.29, 0.717) is 4.88 Å². The van der Waals surface area contributed by atoms with Crippen molar-refractivity contribution in [1.82, 2.24) is 4.98 Å². The zero-order chi connectivity index (χ0) is 11.6. The van der Waals surface area contributed by atoms with Crippen LogP contribution in [0.25, 0.3) is 0 Å². The van der Waals surface area contributed by atoms with Gasteiger partial charge >= 0.3 is 0 Å². The van der Waals surface area contributed by atoms with Crippen LogP contribution in [0.1, 0.15) is 4.88 Å². The fourth-order valence-corrected chi connectivity index (χ4v) is 3.78. The standard InChI is InChI=1S/C10H10N2O2S2/c11-9-3-1-2-4-10(9)16(13,14)6-8-5-12-7-15-8/h1-5,7H,6,11H2. The molecule has 0 amide bonds. The average molecular weight is 254 g/mol. The molecule has 1 aromatic heterocycles. The minimum atomic E-state index is -3.37. The van der Waals surface area contributed by atoms with Gasteiger partial charge in [-0.1, -0.05) is 12.1 Å². The van der Waals surface area contributed by atoms with Crippen molar-refractivity contribution in [3.05, 3.63) is 40.8 Å². The zero-order valence-electron chi connectivity index (χ0n) is 8.33. The lowest BCUT2D eigenvalue weighted by atomic mass is 10.3. The van der Waals surface area contributed by atoms with Crippen molar-refractivity contribution in [2.75, 3.05) is 5.73 Å². The number of sulfone groups is 1. The number of thiazole rings is 1. The third-order valence-electron chi connectivity index (χ3n) is 2.07. The summed E-state index contributed by atoms with van der Waals surface area (Å²) < 4.78 is 24.0. The summed E-state index contributed by atoms with van der Waals surface area (Å²) in [5, 5.41) is 0. The quantitative estimate of drug-likeness (QED) is 0.846. The van der Waals surface area contributed by atoms with Crippen LogP contribution in [0.3, 0.4) is 0 Å². The molecule has 0 unspecified atom stereocenters. The van der Waals surface area contributed by atoms with Gasteiger partial charge in [-0.15, -0.1) is 11.3 Å². The first-order chi connectivity index (χ1) is 7.59. The molecule has 0 fully saturated rings. The van der Waals surface area contributed by atoms with Crippen LogP contribution in [-0.2, 0) is 15.6 Å². The van der Waals surface area contributed by atoms with Crippen LogP contribution >= 0.6 is 11.3 Å². The highest BCUT2D eigenvalue weighted by atomic mass is 32.2. The SMILES string of the molecule is Nc1ccccc1S(=O)(=O)Cc1cncs1. The summed E-state index contributed by atoms with van der Waals surface area (Å²) >= 11 is 1.32. The summed E-state index contributed by atoms with van der Waals surface area (Å²) in [5.41, 5.74) is 7.54. The lowest BCUT2D eigenvalue weighted by Gasteiger charge is -2.05. The third-order valence-corrected chi connectivity index (χ3v) is 4.77. The number of benzene rings is 1. The topological polar surface area (TPSA) is 73.1 Å². The van der Waals surface area contributed by atoms with E-state index in [1.54, 1.807) is 29.9 Å². The summed E-state index contributed by atoms with van der Waals surface area (Å²) in [6.45, 7) is 0. The minimum Gasteiger partial charge on any atom is -0.398 e. The maximum Gasteiger partial charge on any atom is 0.185 e. The fourth-order valence-electron chi connectivity index (χ4n) is 1.34. The Morgan fingerprint density at radius 1 is 1.31 bits per heavy atom. The number of rotatable bonds is 3. The molecule has 2 rings (SSSR count). The lowest BCUT2D eigenvalue weighted by Crippen LogP contribution is -2.06. The number of hydrogen-bond donors (Lipinski definition) is 1. The number of nitrogen functional groups attached to an aromatic ring is 1. The molecule has 0 aliphatic heterocycles. The van der Waals surface area contributed by atoms with Crippen molar-refractivity contribution >= 4 is 26.9 Å². The molecule has 0 aliphatic rings. The summed E-state index contributed by atoms with van der Waals surface area (Å²) in [6.07, 6.45) is 1.56. The van der Waals surface area contributed by atoms with E-state index in [4.69, 9.17) is 5.73 Å². The van der Waals surface area contributed by atoms with Gasteiger partial charge in [0.2, 0.25) is 0 Å². The molecule has 0 spiro atoms. The van der Waals surface area contributed by atoms with Crippen LogP contribution < -0.4 is 5.73 Å². The van der Waals surface area contributed by atoms with Gasteiger partial charge in [0.1, 0.15) is 0 Å². The Bertz CT molecular complexity index is 577. The molecule has 4 nitrogen and oxygen atoms in total. The van der Waals surface area contributed by atoms with Crippen LogP contribution in [0.4, 0.5) is 5.69 Å². The maximum absolute atomic E-state index is 12.0. The number of hydrogen-bond acceptors (Lipinski definition) is 5. The van der Waals surface area contributed by atoms with Gasteiger partial charge in [0.15, 0.2) is 9.84 Å². The zero-order valence-corrected chi connectivity index (χ0v) is 9.96. The molecule has 2 N–H and O–H groups in total. The van der Waals surface area contributed by atoms with Crippen LogP contribution in [0.5, 0.6) is 0 Å². The second-order valence-electron chi connectivity index (χ2n) is 3.26. The highest BCUT2D eigenvalue weighted by molar-refractivity contribution is 7.91. The van der Waals surface area contributed by atoms with E-state index in [2.05, 4.69) is 4.98 Å². The number of anilines is 1. The van der Waals surface area contributed by atoms with Crippen molar-refractivity contribution in [2.45, 2.75) is 10.6 Å². The monoisotopic (exact) mass is 254 g/mol. The van der Waals surface area contributed by atoms with Gasteiger partial charge in [0.05, 0.1) is 21.8 Å². The Hall–Kier alpha value is -1.40. The highest BCUT2D eigenvalue weighted by Gasteiger charge is 2.18. The number of nitrogens with zero attached hydrogens (tertiary/aromatic N) is 1. The molecule has 6 heteroatoms. The van der Waals surface area contributed by atoms with Crippen LogP contribution in [0.2, 0.25) is 0 Å². The highest BCUT2D eigenvalue weighted by Crippen LogP contribution is 2.23. The molecule has 1 heterocycles. The van der Waals surface area contributed by atoms with Crippen LogP contribution in [-0.4, -0.2) is 13.4 Å². The Balaban J connectivity index is 2.37. The molecule has 0 bridgehead atoms. The van der Waals surface area contributed by atoms with Gasteiger partial charge in [-0.2, -0.15) is 0 Å². The van der Waals surface area contributed by atoms with Gasteiger partial charge < -0.3 is 5.73 Å². The van der Waals surface area contributed by atoms with Gasteiger partial charge in [-0.25, -0.2) is 8.42 Å². The van der Waals surface area contributed by atoms with E-state index in [1.165, 1.54) is 17.4 Å². The van der Waals surface area contributed by atoms with E-state index in [0.717, 1.165) is 0 Å². The van der Waals surface area contributed by atoms with E-state index < -0.39 is 9.84 Å². The fraction of sp³-hybridized carbons (Fsp3) is 0.100. The summed E-state index contributed by atoms with van der Waals surface area (Å²) in [4.78, 5) is 4.74. The van der Waals surface area contributed by atoms with Crippen molar-refractivity contribution < 1.29 is 8.42 Å². The predicted molar refractivity (Wildman–Crippen MR) is 63.9 cm³/mol. The largest absolute Gasteiger partial charge is 0.398 e. The van der Waals surface area contributed by atoms with Crippen molar-refractivity contribution in [1.29, 1.82) is 0 Å². The van der Waals surface area contributed by atoms with Gasteiger partial charge in [0.25, 0.3) is 0 Å². The normalized spacial score (nSPS) is 11.5. The second-order valence-corrected chi connectivity index (χ2v) is 6.19. The van der Waals surface area contributed by atoms with E-state index >= 15 is 0 Å². The Morgan fingerprint density at radius 3 is 2.69 bits per heavy atom. The first-order valence-corrected chi connectivity index (χ1v) is 7.07. The minimum absolute atomic E-state index is 0.0497. The summed E-state index contributed by atoms with van der Waals surface area (Å²) in [6, 6.07) is 6.47. The molecule has 0 atom stereocenters. The summed E-state index contributed by atoms with van der Waals surface area (Å²) in [7, 11) is -3.37. The molecule has 0 aliphatic carbocycles. The summed E-state index contributed by atoms with van der Waals surface area (Å²) in [5.74, 6) is -0.0497. The van der Waals surface area contributed by atoms with E-state index in [1.807, 2.05) is 0 Å². The number of para-hydroxylation sites is 1. The van der Waals surface area contributed by atoms with Crippen LogP contribution in [0, 0.1) is 0 Å². The molecule has 1 aromatic carbocycles. The van der Waals surface area contributed by atoms with Crippen LogP contribution in [0.15, 0.2) is 40.9 Å². The molecule has 2 aromatic rings. The smallest absolute Gasteiger partial charge is 0.185 e. The number of aromatic nitrogens is 1. The predicted octanol–water partition coefficient (Wildman–Crippen LogP) is 1.70. The molecule has 16 heavy (non-hydrogen) atoms. The van der Waals surface area contributed by atoms with Gasteiger partial charge in [-0.05, 0) is 12.1 Å².